The summed E-state index contributed by atoms with van der Waals surface area (Å²) in [6.07, 6.45) is 0.732. The molecule has 0 spiro atoms. The number of hydrogen-bond donors (Lipinski definition) is 5. The minimum atomic E-state index is -0.924. The van der Waals surface area contributed by atoms with Gasteiger partial charge in [0.1, 0.15) is 29.5 Å². The van der Waals surface area contributed by atoms with Crippen molar-refractivity contribution in [1.29, 1.82) is 0 Å². The number of aliphatic imine (C=N–C) groups is 1. The zero-order chi connectivity index (χ0) is 37.8. The number of carbonyl (C=O) groups excluding carboxylic acids is 5. The van der Waals surface area contributed by atoms with Gasteiger partial charge in [0, 0.05) is 19.6 Å². The Balaban J connectivity index is 2.63. The van der Waals surface area contributed by atoms with Gasteiger partial charge in [0.05, 0.1) is 0 Å². The molecule has 50 heavy (non-hydrogen) atoms. The summed E-state index contributed by atoms with van der Waals surface area (Å²) in [6.45, 7) is 16.5. The van der Waals surface area contributed by atoms with Gasteiger partial charge in [0.25, 0.3) is 0 Å². The molecule has 5 amide bonds. The number of amides is 5. The number of nitrogens with zero attached hydrogens (tertiary/aromatic N) is 1. The standard InChI is InChI=1S/C35H58N6O9/c1-33(2,3)48-30(44)39-26(20-17-23-37-28(40-31(45)49-34(4,5)6)41-32(46)50-35(7,8)9)27(42)36-21-15-10-11-16-22-38-29(43)47-24-25-18-13-12-14-19-25/h12-14,18-19,26H,10-11,15-17,20-24H2,1-9H3,(H,36,42)(H,38,43)(H,39,44)(H2,37,40,41,45,46)/t26-/m0/s1. The van der Waals surface area contributed by atoms with Crippen molar-refractivity contribution in [3.8, 4) is 0 Å². The van der Waals surface area contributed by atoms with Gasteiger partial charge in [-0.3, -0.25) is 20.4 Å². The first kappa shape index (κ1) is 43.5. The summed E-state index contributed by atoms with van der Waals surface area (Å²) in [5.74, 6) is -0.574. The quantitative estimate of drug-likeness (QED) is 0.0661. The predicted octanol–water partition coefficient (Wildman–Crippen LogP) is 5.67. The number of hydrogen-bond acceptors (Lipinski definition) is 10. The van der Waals surface area contributed by atoms with E-state index in [4.69, 9.17) is 18.9 Å². The third-order valence-corrected chi connectivity index (χ3v) is 6.05. The molecule has 0 aliphatic heterocycles. The highest BCUT2D eigenvalue weighted by molar-refractivity contribution is 6.01. The predicted molar refractivity (Wildman–Crippen MR) is 190 cm³/mol. The van der Waals surface area contributed by atoms with Crippen LogP contribution in [0.5, 0.6) is 0 Å². The fraction of sp³-hybridized carbons (Fsp3) is 0.657. The summed E-state index contributed by atoms with van der Waals surface area (Å²) in [7, 11) is 0. The molecule has 0 aliphatic rings. The van der Waals surface area contributed by atoms with Crippen LogP contribution < -0.4 is 26.6 Å². The maximum atomic E-state index is 13.1. The van der Waals surface area contributed by atoms with Gasteiger partial charge in [-0.05, 0) is 93.6 Å². The van der Waals surface area contributed by atoms with Gasteiger partial charge >= 0.3 is 24.4 Å². The Kier molecular flexibility index (Phi) is 18.7. The van der Waals surface area contributed by atoms with Gasteiger partial charge in [0.15, 0.2) is 0 Å². The van der Waals surface area contributed by atoms with Gasteiger partial charge in [-0.25, -0.2) is 19.2 Å². The Morgan fingerprint density at radius 3 is 1.66 bits per heavy atom. The van der Waals surface area contributed by atoms with Gasteiger partial charge in [-0.15, -0.1) is 0 Å². The largest absolute Gasteiger partial charge is 0.445 e. The number of carbonyl (C=O) groups is 5. The van der Waals surface area contributed by atoms with Crippen LogP contribution in [0.1, 0.15) is 106 Å². The minimum absolute atomic E-state index is 0.0779. The lowest BCUT2D eigenvalue weighted by Crippen LogP contribution is -2.48. The van der Waals surface area contributed by atoms with Crippen molar-refractivity contribution in [2.75, 3.05) is 19.6 Å². The molecule has 0 saturated heterocycles. The Morgan fingerprint density at radius 2 is 1.14 bits per heavy atom. The van der Waals surface area contributed by atoms with Crippen molar-refractivity contribution in [2.45, 2.75) is 130 Å². The fourth-order valence-electron chi connectivity index (χ4n) is 4.02. The molecule has 0 radical (unpaired) electrons. The Labute approximate surface area is 296 Å². The van der Waals surface area contributed by atoms with Crippen molar-refractivity contribution in [1.82, 2.24) is 26.6 Å². The van der Waals surface area contributed by atoms with Crippen LogP contribution in [0.25, 0.3) is 0 Å². The zero-order valence-corrected chi connectivity index (χ0v) is 31.2. The van der Waals surface area contributed by atoms with Crippen molar-refractivity contribution in [2.24, 2.45) is 4.99 Å². The molecule has 282 valence electrons. The highest BCUT2D eigenvalue weighted by Gasteiger charge is 2.25. The van der Waals surface area contributed by atoms with Gasteiger partial charge < -0.3 is 34.9 Å². The number of guanidine groups is 1. The van der Waals surface area contributed by atoms with Gasteiger partial charge in [-0.2, -0.15) is 0 Å². The normalized spacial score (nSPS) is 12.0. The Morgan fingerprint density at radius 1 is 0.640 bits per heavy atom. The zero-order valence-electron chi connectivity index (χ0n) is 31.2. The molecule has 1 atom stereocenters. The summed E-state index contributed by atoms with van der Waals surface area (Å²) >= 11 is 0. The molecule has 0 fully saturated rings. The highest BCUT2D eigenvalue weighted by atomic mass is 16.6. The first-order valence-corrected chi connectivity index (χ1v) is 17.0. The van der Waals surface area contributed by atoms with Crippen molar-refractivity contribution >= 4 is 36.2 Å². The fourth-order valence-corrected chi connectivity index (χ4v) is 4.02. The van der Waals surface area contributed by atoms with Crippen molar-refractivity contribution < 1.29 is 42.9 Å². The number of nitrogens with one attached hydrogen (secondary N) is 5. The molecule has 1 aromatic carbocycles. The van der Waals surface area contributed by atoms with Gasteiger partial charge in [0.2, 0.25) is 11.9 Å². The number of rotatable bonds is 15. The Bertz CT molecular complexity index is 1220. The lowest BCUT2D eigenvalue weighted by molar-refractivity contribution is -0.123. The molecule has 0 aliphatic carbocycles. The SMILES string of the molecule is CC(C)(C)OC(=O)NC(=NCCC[C@H](NC(=O)OC(C)(C)C)C(=O)NCCCCCCNC(=O)OCc1ccccc1)NC(=O)OC(C)(C)C. The monoisotopic (exact) mass is 706 g/mol. The summed E-state index contributed by atoms with van der Waals surface area (Å²) < 4.78 is 21.1. The summed E-state index contributed by atoms with van der Waals surface area (Å²) in [5.41, 5.74) is -1.43. The van der Waals surface area contributed by atoms with E-state index in [0.717, 1.165) is 24.8 Å². The Hall–Kier alpha value is -4.56. The third-order valence-electron chi connectivity index (χ3n) is 6.05. The maximum absolute atomic E-state index is 13.1. The van der Waals surface area contributed by atoms with Crippen LogP contribution in [0.4, 0.5) is 19.2 Å². The van der Waals surface area contributed by atoms with E-state index < -0.39 is 47.2 Å². The number of alkyl carbamates (subject to hydrolysis) is 4. The van der Waals surface area contributed by atoms with E-state index in [-0.39, 0.29) is 31.4 Å². The molecule has 0 heterocycles. The van der Waals surface area contributed by atoms with Crippen LogP contribution in [-0.4, -0.2) is 78.7 Å². The van der Waals surface area contributed by atoms with E-state index in [2.05, 4.69) is 31.6 Å². The van der Waals surface area contributed by atoms with Gasteiger partial charge in [-0.1, -0.05) is 43.2 Å². The molecular weight excluding hydrogens is 648 g/mol. The van der Waals surface area contributed by atoms with Crippen LogP contribution in [0.3, 0.4) is 0 Å². The summed E-state index contributed by atoms with van der Waals surface area (Å²) in [6, 6.07) is 8.50. The molecule has 1 aromatic rings. The van der Waals surface area contributed by atoms with E-state index in [1.165, 1.54) is 0 Å². The highest BCUT2D eigenvalue weighted by Crippen LogP contribution is 2.10. The third kappa shape index (κ3) is 23.7. The molecule has 1 rings (SSSR count). The van der Waals surface area contributed by atoms with Crippen LogP contribution in [0.15, 0.2) is 35.3 Å². The van der Waals surface area contributed by atoms with Crippen molar-refractivity contribution in [3.63, 3.8) is 0 Å². The molecule has 0 bridgehead atoms. The smallest absolute Gasteiger partial charge is 0.414 e. The summed E-state index contributed by atoms with van der Waals surface area (Å²) in [5, 5.41) is 13.0. The summed E-state index contributed by atoms with van der Waals surface area (Å²) in [4.78, 5) is 66.4. The number of ether oxygens (including phenoxy) is 4. The first-order chi connectivity index (χ1) is 23.2. The van der Waals surface area contributed by atoms with E-state index in [9.17, 15) is 24.0 Å². The molecule has 15 nitrogen and oxygen atoms in total. The molecular formula is C35H58N6O9. The minimum Gasteiger partial charge on any atom is -0.445 e. The second kappa shape index (κ2) is 21.5. The molecule has 5 N–H and O–H groups in total. The molecule has 0 aromatic heterocycles. The van der Waals surface area contributed by atoms with E-state index >= 15 is 0 Å². The lowest BCUT2D eigenvalue weighted by atomic mass is 10.1. The van der Waals surface area contributed by atoms with Crippen LogP contribution in [0, 0.1) is 0 Å². The molecule has 15 heteroatoms. The van der Waals surface area contributed by atoms with Crippen molar-refractivity contribution in [3.05, 3.63) is 35.9 Å². The molecule has 0 saturated carbocycles. The second-order valence-electron chi connectivity index (χ2n) is 14.5. The van der Waals surface area contributed by atoms with Crippen LogP contribution in [-0.2, 0) is 30.3 Å². The number of unbranched alkanes of at least 4 members (excludes halogenated alkanes) is 3. The number of benzene rings is 1. The first-order valence-electron chi connectivity index (χ1n) is 17.0. The van der Waals surface area contributed by atoms with Crippen LogP contribution >= 0.6 is 0 Å². The van der Waals surface area contributed by atoms with E-state index in [0.29, 0.717) is 25.9 Å². The topological polar surface area (TPSA) is 195 Å². The average molecular weight is 707 g/mol. The average Bonchev–Trinajstić information content (AvgIpc) is 2.96. The van der Waals surface area contributed by atoms with E-state index in [1.807, 2.05) is 30.3 Å². The molecule has 0 unspecified atom stereocenters. The maximum Gasteiger partial charge on any atom is 0.414 e. The second-order valence-corrected chi connectivity index (χ2v) is 14.5. The lowest BCUT2D eigenvalue weighted by Gasteiger charge is -2.23. The van der Waals surface area contributed by atoms with E-state index in [1.54, 1.807) is 62.3 Å². The van der Waals surface area contributed by atoms with Crippen LogP contribution in [0.2, 0.25) is 0 Å².